The van der Waals surface area contributed by atoms with Crippen LogP contribution in [-0.4, -0.2) is 339 Å². The van der Waals surface area contributed by atoms with Crippen LogP contribution in [0.2, 0.25) is 0 Å². The summed E-state index contributed by atoms with van der Waals surface area (Å²) in [7, 11) is 0. The van der Waals surface area contributed by atoms with Crippen molar-refractivity contribution < 1.29 is 166 Å². The SMILES string of the molecule is CC[C@H](C)[C@H](NC(=O)[C@H](CC(C)C)NC(=O)[C@H](CO)NC(=O)[C@H](Cc1cnc[nH]1)NC(=O)[C@@H](NC(=O)[C@H](CC(C)C)NC(=O)[C@H](CO)NC(=O)[C@@H](NC(=O)[C@H](Cc1ccc(O)cc1)NC(=O)[C@H](CC(N)=O)NC(=O)[C@@H](N)CC(N)=O)[C@@H](C)O)[C@@H](C)CC)C(=O)N[C@@H](CCC(=O)O)C(=O)N[C@@H](CCC(=O)O)C(=O)N[C@@H](CO)C(=O)N[C@@H](CCC(N)=O)C(=O)N[C@@H](CC(N)=O)C(=O)N[C@@H](CCC(N)=O)C(=O)N[C@@H](CCC(N)=O)C(=O)O. The number of hydrogen-bond donors (Lipinski definition) is 33. The highest BCUT2D eigenvalue weighted by molar-refractivity contribution is 6.03. The molecule has 0 saturated carbocycles. The molecule has 0 saturated heterocycles. The van der Waals surface area contributed by atoms with Crippen LogP contribution in [0.4, 0.5) is 0 Å². The van der Waals surface area contributed by atoms with E-state index in [1.165, 1.54) is 50.6 Å². The molecule has 2 aromatic rings. The van der Waals surface area contributed by atoms with E-state index in [4.69, 9.17) is 40.1 Å². The summed E-state index contributed by atoms with van der Waals surface area (Å²) in [6.45, 7) is 9.80. The molecule has 0 bridgehead atoms. The first-order chi connectivity index (χ1) is 69.7. The third kappa shape index (κ3) is 48.0. The lowest BCUT2D eigenvalue weighted by molar-refractivity contribution is -0.143. The molecular formula is C89H140N26O34. The van der Waals surface area contributed by atoms with Crippen molar-refractivity contribution in [1.82, 2.24) is 100 Å². The Morgan fingerprint density at radius 2 is 0.584 bits per heavy atom. The van der Waals surface area contributed by atoms with E-state index in [1.807, 2.05) is 10.6 Å². The molecule has 23 amide bonds. The van der Waals surface area contributed by atoms with Gasteiger partial charge in [-0.25, -0.2) is 9.78 Å². The average molecular weight is 2120 g/mol. The number of carboxylic acid groups (broad SMARTS) is 3. The van der Waals surface area contributed by atoms with Crippen LogP contribution < -0.4 is 131 Å². The minimum atomic E-state index is -2.21. The molecule has 830 valence electrons. The van der Waals surface area contributed by atoms with Crippen LogP contribution in [0.5, 0.6) is 5.75 Å². The number of imidazole rings is 1. The van der Waals surface area contributed by atoms with Gasteiger partial charge in [-0.05, 0) is 93.2 Å². The molecule has 0 radical (unpaired) electrons. The molecule has 1 aromatic carbocycles. The molecule has 1 aromatic heterocycles. The van der Waals surface area contributed by atoms with Crippen LogP contribution >= 0.6 is 0 Å². The number of amides is 23. The lowest BCUT2D eigenvalue weighted by Crippen LogP contribution is -2.63. The van der Waals surface area contributed by atoms with Crippen molar-refractivity contribution in [3.05, 3.63) is 48.0 Å². The highest BCUT2D eigenvalue weighted by Crippen LogP contribution is 2.19. The smallest absolute Gasteiger partial charge is 0.326 e. The first-order valence-corrected chi connectivity index (χ1v) is 47.2. The van der Waals surface area contributed by atoms with Crippen LogP contribution in [0.25, 0.3) is 0 Å². The van der Waals surface area contributed by atoms with E-state index in [2.05, 4.69) is 89.7 Å². The van der Waals surface area contributed by atoms with E-state index >= 15 is 0 Å². The number of carbonyl (C=O) groups is 26. The maximum atomic E-state index is 14.8. The number of hydrogen-bond acceptors (Lipinski definition) is 33. The van der Waals surface area contributed by atoms with Gasteiger partial charge in [0.25, 0.3) is 0 Å². The Morgan fingerprint density at radius 3 is 0.913 bits per heavy atom. The van der Waals surface area contributed by atoms with Gasteiger partial charge in [0.05, 0.1) is 57.6 Å². The number of phenols is 1. The van der Waals surface area contributed by atoms with Gasteiger partial charge in [0, 0.05) is 56.8 Å². The van der Waals surface area contributed by atoms with E-state index in [9.17, 15) is 166 Å². The molecule has 60 nitrogen and oxygen atoms in total. The van der Waals surface area contributed by atoms with Crippen molar-refractivity contribution >= 4 is 154 Å². The first kappa shape index (κ1) is 129. The van der Waals surface area contributed by atoms with E-state index in [0.29, 0.717) is 0 Å². The average Bonchev–Trinajstić information content (AvgIpc) is 1.25. The minimum absolute atomic E-state index is 0.0463. The third-order valence-corrected chi connectivity index (χ3v) is 22.7. The predicted molar refractivity (Wildman–Crippen MR) is 514 cm³/mol. The van der Waals surface area contributed by atoms with Crippen LogP contribution in [0.15, 0.2) is 36.8 Å². The fourth-order valence-electron chi connectivity index (χ4n) is 14.1. The lowest BCUT2D eigenvalue weighted by atomic mass is 9.96. The second-order valence-corrected chi connectivity index (χ2v) is 36.1. The van der Waals surface area contributed by atoms with Gasteiger partial charge in [-0.15, -0.1) is 0 Å². The van der Waals surface area contributed by atoms with Gasteiger partial charge in [-0.3, -0.25) is 120 Å². The molecule has 0 aliphatic rings. The van der Waals surface area contributed by atoms with Gasteiger partial charge in [-0.2, -0.15) is 0 Å². The fourth-order valence-corrected chi connectivity index (χ4v) is 14.1. The van der Waals surface area contributed by atoms with Gasteiger partial charge in [0.15, 0.2) is 0 Å². The van der Waals surface area contributed by atoms with Crippen LogP contribution in [0, 0.1) is 23.7 Å². The van der Waals surface area contributed by atoms with E-state index in [-0.39, 0.29) is 42.7 Å². The van der Waals surface area contributed by atoms with Crippen LogP contribution in [0.3, 0.4) is 0 Å². The molecule has 60 heteroatoms. The van der Waals surface area contributed by atoms with Gasteiger partial charge in [0.1, 0.15) is 108 Å². The Morgan fingerprint density at radius 1 is 0.315 bits per heavy atom. The number of carboxylic acids is 3. The number of carbonyl (C=O) groups excluding carboxylic acids is 23. The Kier molecular flexibility index (Phi) is 56.4. The normalized spacial score (nSPS) is 15.4. The quantitative estimate of drug-likeness (QED) is 0.0292. The second-order valence-electron chi connectivity index (χ2n) is 36.1. The number of phenolic OH excluding ortho intramolecular Hbond substituents is 1. The fraction of sp³-hybridized carbons (Fsp3) is 0.607. The number of nitrogens with one attached hydrogen (secondary N) is 18. The minimum Gasteiger partial charge on any atom is -0.508 e. The zero-order valence-corrected chi connectivity index (χ0v) is 83.5. The Balaban J connectivity index is 2.54. The highest BCUT2D eigenvalue weighted by atomic mass is 16.4. The third-order valence-electron chi connectivity index (χ3n) is 22.7. The molecule has 21 atom stereocenters. The topological polar surface area (TPSA) is 1020 Å². The number of aromatic hydroxyl groups is 1. The molecule has 149 heavy (non-hydrogen) atoms. The largest absolute Gasteiger partial charge is 0.508 e. The molecule has 0 fully saturated rings. The van der Waals surface area contributed by atoms with Crippen molar-refractivity contribution in [3.63, 3.8) is 0 Å². The van der Waals surface area contributed by atoms with Crippen molar-refractivity contribution in [1.29, 1.82) is 0 Å². The van der Waals surface area contributed by atoms with Gasteiger partial charge in [0.2, 0.25) is 136 Å². The summed E-state index contributed by atoms with van der Waals surface area (Å²) < 4.78 is 0. The number of aliphatic carboxylic acids is 3. The number of aromatic amines is 1. The maximum Gasteiger partial charge on any atom is 0.326 e. The Labute approximate surface area is 852 Å². The van der Waals surface area contributed by atoms with Crippen molar-refractivity contribution in [2.24, 2.45) is 63.8 Å². The number of primary amides is 6. The van der Waals surface area contributed by atoms with E-state index in [1.54, 1.807) is 41.5 Å². The summed E-state index contributed by atoms with van der Waals surface area (Å²) in [6, 6.07) is -28.6. The predicted octanol–water partition coefficient (Wildman–Crippen LogP) is -13.8. The first-order valence-electron chi connectivity index (χ1n) is 47.2. The van der Waals surface area contributed by atoms with E-state index < -0.39 is 408 Å². The summed E-state index contributed by atoms with van der Waals surface area (Å²) in [6.07, 6.45) is -10.7. The highest BCUT2D eigenvalue weighted by Gasteiger charge is 2.43. The molecule has 0 aliphatic heterocycles. The van der Waals surface area contributed by atoms with E-state index in [0.717, 1.165) is 6.92 Å². The molecule has 0 aliphatic carbocycles. The number of aliphatic hydroxyl groups is 4. The number of aromatic nitrogens is 2. The second kappa shape index (κ2) is 65.0. The lowest BCUT2D eigenvalue weighted by Gasteiger charge is -2.30. The van der Waals surface area contributed by atoms with Crippen LogP contribution in [0.1, 0.15) is 183 Å². The Hall–Kier alpha value is -15.7. The number of benzene rings is 1. The molecule has 40 N–H and O–H groups in total. The van der Waals surface area contributed by atoms with Gasteiger partial charge >= 0.3 is 17.9 Å². The van der Waals surface area contributed by atoms with Crippen molar-refractivity contribution in [3.8, 4) is 5.75 Å². The summed E-state index contributed by atoms with van der Waals surface area (Å²) >= 11 is 0. The summed E-state index contributed by atoms with van der Waals surface area (Å²) in [5.41, 5.74) is 37.7. The zero-order chi connectivity index (χ0) is 113. The van der Waals surface area contributed by atoms with Gasteiger partial charge < -0.3 is 176 Å². The summed E-state index contributed by atoms with van der Waals surface area (Å²) in [5, 5.41) is 121. The van der Waals surface area contributed by atoms with Crippen molar-refractivity contribution in [2.45, 2.75) is 299 Å². The number of H-pyrrole nitrogens is 1. The number of nitrogens with zero attached hydrogens (tertiary/aromatic N) is 1. The molecule has 0 spiro atoms. The standard InChI is InChI=1S/C89H140N26O34/c1-10-40(7)69(86(145)102-50(20-25-68(129)130)73(132)99-49(19-24-67(127)128)76(135)110-58(34-116)83(142)101-48(17-22-62(92)122)75(134)108-57(32-66(96)126)78(137)100-47(16-21-61(91)121)74(133)103-51(89(148)149)18-23-63(93)123)113-80(139)52(26-38(3)4)105-84(143)59(35-117)111-77(136)55(29-44-33-97-37-98-44)109-87(146)70(41(8)11-2)114-81(140)53(27-39(5)6)106-85(144)60(36-118)112-88(147)71(42(9)119)115-82(141)54(28-43-12-14-45(120)15-13-43)107-79(138)56(31-65(95)125)104-72(131)46(90)30-64(94)124/h12-15,33,37-42,46-60,69-71,116-120H,10-11,16-32,34-36,90H2,1-9H3,(H2,91,121)(H2,92,122)(H2,93,123)(H2,94,124)(H2,95,125)(H2,96,126)(H,97,98)(H,99,132)(H,100,137)(H,101,142)(H,102,145)(H,103,133)(H,104,131)(H,105,143)(H,106,144)(H,107,138)(H,108,134)(H,109,146)(H,110,135)(H,111,136)(H,112,147)(H,113,139)(H,114,140)(H,115,141)(H,127,128)(H,129,130)(H,148,149)/t40-,41-,42+,46-,47-,48-,49-,50-,51-,52-,53-,54-,55-,56-,57-,58-,59-,60-,69-,70-,71-/m0/s1. The maximum absolute atomic E-state index is 14.8. The molecule has 2 rings (SSSR count). The number of nitrogens with two attached hydrogens (primary N) is 7. The Bertz CT molecular complexity index is 5010. The number of rotatable bonds is 72. The van der Waals surface area contributed by atoms with Crippen molar-refractivity contribution in [2.75, 3.05) is 19.8 Å². The van der Waals surface area contributed by atoms with Crippen LogP contribution in [-0.2, 0) is 137 Å². The molecule has 0 unspecified atom stereocenters. The number of aliphatic hydroxyl groups excluding tert-OH is 4. The zero-order valence-electron chi connectivity index (χ0n) is 83.5. The summed E-state index contributed by atoms with van der Waals surface area (Å²) in [5.74, 6) is -36.0. The summed E-state index contributed by atoms with van der Waals surface area (Å²) in [4.78, 5) is 355. The van der Waals surface area contributed by atoms with Gasteiger partial charge in [-0.1, -0.05) is 80.4 Å². The molecule has 1 heterocycles. The monoisotopic (exact) mass is 2120 g/mol. The molecular weight excluding hydrogens is 1980 g/mol.